The molecule has 5 heteroatoms. The van der Waals surface area contributed by atoms with E-state index in [1.165, 1.54) is 17.2 Å². The number of rotatable bonds is 1. The second-order valence-corrected chi connectivity index (χ2v) is 2.96. The maximum absolute atomic E-state index is 12.5. The molecule has 14 heavy (non-hydrogen) atoms. The molecule has 74 valence electrons. The van der Waals surface area contributed by atoms with Crippen molar-refractivity contribution in [1.29, 1.82) is 0 Å². The molecular weight excluding hydrogens is 187 g/mol. The molecule has 1 aliphatic rings. The van der Waals surface area contributed by atoms with Gasteiger partial charge in [0.15, 0.2) is 0 Å². The molecule has 0 aliphatic carbocycles. The summed E-state index contributed by atoms with van der Waals surface area (Å²) in [4.78, 5) is 20.3. The molecule has 0 atom stereocenters. The van der Waals surface area contributed by atoms with E-state index in [0.29, 0.717) is 13.2 Å². The van der Waals surface area contributed by atoms with E-state index in [1.807, 2.05) is 0 Å². The maximum atomic E-state index is 12.5. The summed E-state index contributed by atoms with van der Waals surface area (Å²) in [6.07, 6.45) is 1.84. The zero-order chi connectivity index (χ0) is 9.97. The third kappa shape index (κ3) is 1.72. The topological polar surface area (TPSA) is 42.4 Å². The van der Waals surface area contributed by atoms with Crippen LogP contribution in [0.2, 0.25) is 0 Å². The number of nitrogens with zero attached hydrogens (tertiary/aromatic N) is 2. The third-order valence-electron chi connectivity index (χ3n) is 1.93. The SMILES string of the molecule is O=C(c1ccc(F)cn1)N1CCCO1. The van der Waals surface area contributed by atoms with Gasteiger partial charge >= 0.3 is 0 Å². The number of hydrogen-bond acceptors (Lipinski definition) is 3. The molecule has 1 aromatic heterocycles. The monoisotopic (exact) mass is 196 g/mol. The van der Waals surface area contributed by atoms with Crippen LogP contribution < -0.4 is 0 Å². The number of pyridine rings is 1. The lowest BCUT2D eigenvalue weighted by Crippen LogP contribution is -2.27. The maximum Gasteiger partial charge on any atom is 0.295 e. The quantitative estimate of drug-likeness (QED) is 0.672. The fourth-order valence-corrected chi connectivity index (χ4v) is 1.24. The van der Waals surface area contributed by atoms with Crippen LogP contribution in [0.3, 0.4) is 0 Å². The molecule has 0 aromatic carbocycles. The minimum Gasteiger partial charge on any atom is -0.271 e. The Morgan fingerprint density at radius 1 is 1.57 bits per heavy atom. The van der Waals surface area contributed by atoms with Crippen LogP contribution in [-0.2, 0) is 4.84 Å². The number of amides is 1. The van der Waals surface area contributed by atoms with E-state index in [0.717, 1.165) is 12.6 Å². The second kappa shape index (κ2) is 3.71. The van der Waals surface area contributed by atoms with Crippen LogP contribution >= 0.6 is 0 Å². The predicted octanol–water partition coefficient (Wildman–Crippen LogP) is 0.998. The van der Waals surface area contributed by atoms with E-state index in [1.54, 1.807) is 0 Å². The van der Waals surface area contributed by atoms with E-state index < -0.39 is 5.82 Å². The molecule has 1 fully saturated rings. The summed E-state index contributed by atoms with van der Waals surface area (Å²) in [6, 6.07) is 2.55. The molecule has 0 radical (unpaired) electrons. The van der Waals surface area contributed by atoms with Crippen molar-refractivity contribution in [3.05, 3.63) is 29.8 Å². The Bertz CT molecular complexity index is 333. The van der Waals surface area contributed by atoms with Crippen LogP contribution in [0, 0.1) is 5.82 Å². The molecule has 2 rings (SSSR count). The Hall–Kier alpha value is -1.49. The highest BCUT2D eigenvalue weighted by Gasteiger charge is 2.21. The summed E-state index contributed by atoms with van der Waals surface area (Å²) in [5.74, 6) is -0.772. The molecule has 0 spiro atoms. The number of carbonyl (C=O) groups excluding carboxylic acids is 1. The minimum absolute atomic E-state index is 0.202. The van der Waals surface area contributed by atoms with Crippen molar-refractivity contribution >= 4 is 5.91 Å². The molecule has 1 saturated heterocycles. The van der Waals surface area contributed by atoms with Crippen molar-refractivity contribution in [3.63, 3.8) is 0 Å². The van der Waals surface area contributed by atoms with Crippen molar-refractivity contribution in [2.45, 2.75) is 6.42 Å². The van der Waals surface area contributed by atoms with Crippen LogP contribution in [0.5, 0.6) is 0 Å². The van der Waals surface area contributed by atoms with Crippen molar-refractivity contribution in [3.8, 4) is 0 Å². The number of hydroxylamine groups is 2. The first-order valence-electron chi connectivity index (χ1n) is 4.34. The average Bonchev–Trinajstić information content (AvgIpc) is 2.71. The van der Waals surface area contributed by atoms with Crippen molar-refractivity contribution < 1.29 is 14.0 Å². The van der Waals surface area contributed by atoms with Crippen LogP contribution in [0.25, 0.3) is 0 Å². The Morgan fingerprint density at radius 2 is 2.43 bits per heavy atom. The third-order valence-corrected chi connectivity index (χ3v) is 1.93. The molecule has 2 heterocycles. The lowest BCUT2D eigenvalue weighted by atomic mass is 10.3. The summed E-state index contributed by atoms with van der Waals surface area (Å²) in [5.41, 5.74) is 0.202. The normalized spacial score (nSPS) is 15.9. The van der Waals surface area contributed by atoms with Gasteiger partial charge in [-0.05, 0) is 18.6 Å². The van der Waals surface area contributed by atoms with Crippen molar-refractivity contribution in [1.82, 2.24) is 10.0 Å². The smallest absolute Gasteiger partial charge is 0.271 e. The molecule has 1 aliphatic heterocycles. The zero-order valence-corrected chi connectivity index (χ0v) is 7.44. The molecule has 1 aromatic rings. The second-order valence-electron chi connectivity index (χ2n) is 2.96. The molecule has 1 amide bonds. The van der Waals surface area contributed by atoms with Gasteiger partial charge in [-0.2, -0.15) is 0 Å². The lowest BCUT2D eigenvalue weighted by molar-refractivity contribution is -0.0771. The van der Waals surface area contributed by atoms with E-state index in [9.17, 15) is 9.18 Å². The minimum atomic E-state index is -0.455. The Balaban J connectivity index is 2.14. The van der Waals surface area contributed by atoms with Crippen LogP contribution in [0.4, 0.5) is 4.39 Å². The number of hydrogen-bond donors (Lipinski definition) is 0. The van der Waals surface area contributed by atoms with Gasteiger partial charge in [0.25, 0.3) is 5.91 Å². The van der Waals surface area contributed by atoms with Gasteiger partial charge in [-0.1, -0.05) is 0 Å². The van der Waals surface area contributed by atoms with E-state index in [2.05, 4.69) is 4.98 Å². The summed E-state index contributed by atoms with van der Waals surface area (Å²) in [7, 11) is 0. The van der Waals surface area contributed by atoms with Gasteiger partial charge in [0.05, 0.1) is 19.3 Å². The number of carbonyl (C=O) groups is 1. The first-order valence-corrected chi connectivity index (χ1v) is 4.34. The molecule has 4 nitrogen and oxygen atoms in total. The fourth-order valence-electron chi connectivity index (χ4n) is 1.24. The zero-order valence-electron chi connectivity index (χ0n) is 7.44. The van der Waals surface area contributed by atoms with Crippen LogP contribution in [0.15, 0.2) is 18.3 Å². The highest BCUT2D eigenvalue weighted by Crippen LogP contribution is 2.09. The van der Waals surface area contributed by atoms with Gasteiger partial charge in [0.2, 0.25) is 0 Å². The molecule has 0 bridgehead atoms. The Kier molecular flexibility index (Phi) is 2.41. The summed E-state index contributed by atoms with van der Waals surface area (Å²) < 4.78 is 12.5. The predicted molar refractivity (Wildman–Crippen MR) is 45.8 cm³/mol. The van der Waals surface area contributed by atoms with Crippen molar-refractivity contribution in [2.24, 2.45) is 0 Å². The molecule has 0 N–H and O–H groups in total. The van der Waals surface area contributed by atoms with Crippen molar-refractivity contribution in [2.75, 3.05) is 13.2 Å². The van der Waals surface area contributed by atoms with Gasteiger partial charge < -0.3 is 0 Å². The van der Waals surface area contributed by atoms with Crippen LogP contribution in [-0.4, -0.2) is 29.1 Å². The van der Waals surface area contributed by atoms with Gasteiger partial charge in [0.1, 0.15) is 11.5 Å². The average molecular weight is 196 g/mol. The molecular formula is C9H9FN2O2. The molecule has 0 saturated carbocycles. The Morgan fingerprint density at radius 3 is 3.00 bits per heavy atom. The Labute approximate surface area is 80.3 Å². The standard InChI is InChI=1S/C9H9FN2O2/c10-7-2-3-8(11-6-7)9(13)12-4-1-5-14-12/h2-3,6H,1,4-5H2. The van der Waals surface area contributed by atoms with E-state index in [4.69, 9.17) is 4.84 Å². The molecule has 0 unspecified atom stereocenters. The fraction of sp³-hybridized carbons (Fsp3) is 0.333. The first kappa shape index (κ1) is 9.08. The van der Waals surface area contributed by atoms with E-state index in [-0.39, 0.29) is 11.6 Å². The van der Waals surface area contributed by atoms with Crippen LogP contribution in [0.1, 0.15) is 16.9 Å². The lowest BCUT2D eigenvalue weighted by Gasteiger charge is -2.12. The number of aromatic nitrogens is 1. The number of halogens is 1. The largest absolute Gasteiger partial charge is 0.295 e. The summed E-state index contributed by atoms with van der Waals surface area (Å²) in [6.45, 7) is 1.12. The highest BCUT2D eigenvalue weighted by atomic mass is 19.1. The summed E-state index contributed by atoms with van der Waals surface area (Å²) in [5, 5.41) is 1.25. The first-order chi connectivity index (χ1) is 6.77. The van der Waals surface area contributed by atoms with Gasteiger partial charge in [-0.25, -0.2) is 14.4 Å². The van der Waals surface area contributed by atoms with Gasteiger partial charge in [0, 0.05) is 0 Å². The van der Waals surface area contributed by atoms with Gasteiger partial charge in [-0.3, -0.25) is 9.63 Å². The summed E-state index contributed by atoms with van der Waals surface area (Å²) >= 11 is 0. The highest BCUT2D eigenvalue weighted by molar-refractivity contribution is 5.91. The van der Waals surface area contributed by atoms with Gasteiger partial charge in [-0.15, -0.1) is 0 Å². The van der Waals surface area contributed by atoms with E-state index >= 15 is 0 Å².